The summed E-state index contributed by atoms with van der Waals surface area (Å²) in [6, 6.07) is 3.43. The number of hydrogen-bond donors (Lipinski definition) is 0. The molecule has 0 N–H and O–H groups in total. The third-order valence-electron chi connectivity index (χ3n) is 1.94. The Morgan fingerprint density at radius 1 is 1.58 bits per heavy atom. The molecule has 1 aliphatic carbocycles. The van der Waals surface area contributed by atoms with Gasteiger partial charge < -0.3 is 0 Å². The van der Waals surface area contributed by atoms with Crippen molar-refractivity contribution in [1.82, 2.24) is 4.98 Å². The van der Waals surface area contributed by atoms with E-state index in [0.717, 1.165) is 12.8 Å². The van der Waals surface area contributed by atoms with Crippen molar-refractivity contribution in [3.8, 4) is 0 Å². The maximum Gasteiger partial charge on any atom is 0.185 e. The Bertz CT molecular complexity index is 320. The third-order valence-corrected chi connectivity index (χ3v) is 2.25. The molecule has 1 fully saturated rings. The molecule has 0 aromatic carbocycles. The highest BCUT2D eigenvalue weighted by Crippen LogP contribution is 2.33. The fourth-order valence-electron chi connectivity index (χ4n) is 1.11. The molecule has 0 atom stereocenters. The summed E-state index contributed by atoms with van der Waals surface area (Å²) in [7, 11) is 0. The summed E-state index contributed by atoms with van der Waals surface area (Å²) < 4.78 is 0. The fraction of sp³-hybridized carbons (Fsp3) is 0.333. The number of pyridine rings is 1. The minimum atomic E-state index is 0.0978. The van der Waals surface area contributed by atoms with Crippen molar-refractivity contribution in [3.05, 3.63) is 29.0 Å². The standard InChI is InChI=1S/C9H8ClNO/c10-7-2-1-5-11-8(7)9(12)6-3-4-6/h1-2,5-6H,3-4H2. The van der Waals surface area contributed by atoms with E-state index in [-0.39, 0.29) is 11.7 Å². The van der Waals surface area contributed by atoms with E-state index in [1.165, 1.54) is 0 Å². The number of rotatable bonds is 2. The van der Waals surface area contributed by atoms with Crippen LogP contribution in [0.2, 0.25) is 5.02 Å². The average Bonchev–Trinajstić information content (AvgIpc) is 2.86. The first kappa shape index (κ1) is 7.74. The van der Waals surface area contributed by atoms with Crippen molar-refractivity contribution in [2.45, 2.75) is 12.8 Å². The van der Waals surface area contributed by atoms with Crippen molar-refractivity contribution in [2.24, 2.45) is 5.92 Å². The monoisotopic (exact) mass is 181 g/mol. The van der Waals surface area contributed by atoms with E-state index in [2.05, 4.69) is 4.98 Å². The van der Waals surface area contributed by atoms with Crippen molar-refractivity contribution < 1.29 is 4.79 Å². The first-order valence-corrected chi connectivity index (χ1v) is 4.31. The molecule has 0 saturated heterocycles. The molecule has 0 aliphatic heterocycles. The van der Waals surface area contributed by atoms with Gasteiger partial charge in [0.2, 0.25) is 0 Å². The maximum atomic E-state index is 11.5. The van der Waals surface area contributed by atoms with Crippen LogP contribution in [-0.2, 0) is 0 Å². The number of nitrogens with zero attached hydrogens (tertiary/aromatic N) is 1. The summed E-state index contributed by atoms with van der Waals surface area (Å²) >= 11 is 5.81. The lowest BCUT2D eigenvalue weighted by Gasteiger charge is -1.98. The molecule has 1 aromatic rings. The van der Waals surface area contributed by atoms with Gasteiger partial charge in [-0.15, -0.1) is 0 Å². The van der Waals surface area contributed by atoms with Gasteiger partial charge in [0.15, 0.2) is 5.78 Å². The largest absolute Gasteiger partial charge is 0.292 e. The SMILES string of the molecule is O=C(c1ncccc1Cl)C1CC1. The van der Waals surface area contributed by atoms with Crippen molar-refractivity contribution in [1.29, 1.82) is 0 Å². The van der Waals surface area contributed by atoms with Crippen molar-refractivity contribution in [2.75, 3.05) is 0 Å². The highest BCUT2D eigenvalue weighted by atomic mass is 35.5. The summed E-state index contributed by atoms with van der Waals surface area (Å²) in [5.74, 6) is 0.290. The molecule has 0 bridgehead atoms. The molecule has 62 valence electrons. The van der Waals surface area contributed by atoms with Crippen LogP contribution < -0.4 is 0 Å². The zero-order valence-corrected chi connectivity index (χ0v) is 7.21. The summed E-state index contributed by atoms with van der Waals surface area (Å²) in [5.41, 5.74) is 0.432. The predicted octanol–water partition coefficient (Wildman–Crippen LogP) is 2.33. The Morgan fingerprint density at radius 2 is 2.33 bits per heavy atom. The second-order valence-electron chi connectivity index (χ2n) is 2.97. The number of carbonyl (C=O) groups is 1. The molecule has 2 rings (SSSR count). The Labute approximate surface area is 75.6 Å². The summed E-state index contributed by atoms with van der Waals surface area (Å²) in [6.07, 6.45) is 3.58. The molecular formula is C9H8ClNO. The van der Waals surface area contributed by atoms with Crippen LogP contribution in [0.15, 0.2) is 18.3 Å². The predicted molar refractivity (Wildman–Crippen MR) is 46.3 cm³/mol. The van der Waals surface area contributed by atoms with Gasteiger partial charge in [-0.05, 0) is 25.0 Å². The Kier molecular flexibility index (Phi) is 1.85. The fourth-order valence-corrected chi connectivity index (χ4v) is 1.32. The van der Waals surface area contributed by atoms with Gasteiger partial charge >= 0.3 is 0 Å². The number of ketones is 1. The van der Waals surface area contributed by atoms with Crippen LogP contribution >= 0.6 is 11.6 Å². The number of Topliss-reactive ketones (excluding diaryl/α,β-unsaturated/α-hetero) is 1. The molecule has 0 unspecified atom stereocenters. The first-order valence-electron chi connectivity index (χ1n) is 3.94. The van der Waals surface area contributed by atoms with Gasteiger partial charge in [-0.2, -0.15) is 0 Å². The lowest BCUT2D eigenvalue weighted by Crippen LogP contribution is -2.04. The van der Waals surface area contributed by atoms with Crippen LogP contribution in [0.5, 0.6) is 0 Å². The van der Waals surface area contributed by atoms with E-state index < -0.39 is 0 Å². The third kappa shape index (κ3) is 1.34. The smallest absolute Gasteiger partial charge is 0.185 e. The Hall–Kier alpha value is -0.890. The summed E-state index contributed by atoms with van der Waals surface area (Å²) in [5, 5.41) is 0.467. The average molecular weight is 182 g/mol. The molecule has 0 spiro atoms. The lowest BCUT2D eigenvalue weighted by atomic mass is 10.2. The van der Waals surface area contributed by atoms with E-state index in [9.17, 15) is 4.79 Å². The zero-order chi connectivity index (χ0) is 8.55. The molecule has 12 heavy (non-hydrogen) atoms. The van der Waals surface area contributed by atoms with Gasteiger partial charge in [-0.3, -0.25) is 9.78 Å². The first-order chi connectivity index (χ1) is 5.79. The highest BCUT2D eigenvalue weighted by molar-refractivity contribution is 6.33. The molecule has 0 amide bonds. The molecular weight excluding hydrogens is 174 g/mol. The van der Waals surface area contributed by atoms with Crippen LogP contribution in [-0.4, -0.2) is 10.8 Å². The van der Waals surface area contributed by atoms with Gasteiger partial charge in [0.1, 0.15) is 5.69 Å². The minimum absolute atomic E-state index is 0.0978. The number of hydrogen-bond acceptors (Lipinski definition) is 2. The van der Waals surface area contributed by atoms with Gasteiger partial charge in [0.25, 0.3) is 0 Å². The summed E-state index contributed by atoms with van der Waals surface area (Å²) in [6.45, 7) is 0. The normalized spacial score (nSPS) is 16.1. The van der Waals surface area contributed by atoms with Crippen molar-refractivity contribution in [3.63, 3.8) is 0 Å². The Morgan fingerprint density at radius 3 is 2.92 bits per heavy atom. The van der Waals surface area contributed by atoms with Gasteiger partial charge in [-0.25, -0.2) is 0 Å². The van der Waals surface area contributed by atoms with E-state index in [1.54, 1.807) is 18.3 Å². The van der Waals surface area contributed by atoms with Crippen LogP contribution in [0.4, 0.5) is 0 Å². The van der Waals surface area contributed by atoms with E-state index in [4.69, 9.17) is 11.6 Å². The van der Waals surface area contributed by atoms with Gasteiger partial charge in [0.05, 0.1) is 5.02 Å². The molecule has 1 heterocycles. The van der Waals surface area contributed by atoms with Crippen LogP contribution in [0.1, 0.15) is 23.3 Å². The van der Waals surface area contributed by atoms with Crippen LogP contribution in [0.3, 0.4) is 0 Å². The number of aromatic nitrogens is 1. The summed E-state index contributed by atoms with van der Waals surface area (Å²) in [4.78, 5) is 15.4. The molecule has 2 nitrogen and oxygen atoms in total. The molecule has 1 aromatic heterocycles. The topological polar surface area (TPSA) is 30.0 Å². The number of halogens is 1. The zero-order valence-electron chi connectivity index (χ0n) is 6.46. The van der Waals surface area contributed by atoms with Crippen molar-refractivity contribution >= 4 is 17.4 Å². The maximum absolute atomic E-state index is 11.5. The lowest BCUT2D eigenvalue weighted by molar-refractivity contribution is 0.0963. The highest BCUT2D eigenvalue weighted by Gasteiger charge is 2.32. The second-order valence-corrected chi connectivity index (χ2v) is 3.38. The second kappa shape index (κ2) is 2.87. The van der Waals surface area contributed by atoms with E-state index >= 15 is 0 Å². The van der Waals surface area contributed by atoms with Gasteiger partial charge in [0, 0.05) is 12.1 Å². The molecule has 1 aliphatic rings. The van der Waals surface area contributed by atoms with Gasteiger partial charge in [-0.1, -0.05) is 11.6 Å². The molecule has 3 heteroatoms. The Balaban J connectivity index is 2.32. The number of carbonyl (C=O) groups excluding carboxylic acids is 1. The minimum Gasteiger partial charge on any atom is -0.292 e. The van der Waals surface area contributed by atoms with E-state index in [1.807, 2.05) is 0 Å². The molecule has 0 radical (unpaired) electrons. The quantitative estimate of drug-likeness (QED) is 0.656. The van der Waals surface area contributed by atoms with Crippen LogP contribution in [0.25, 0.3) is 0 Å². The van der Waals surface area contributed by atoms with Crippen LogP contribution in [0, 0.1) is 5.92 Å². The van der Waals surface area contributed by atoms with E-state index in [0.29, 0.717) is 10.7 Å². The molecule has 1 saturated carbocycles.